The molecule has 0 saturated heterocycles. The minimum atomic E-state index is -1.26. The van der Waals surface area contributed by atoms with Gasteiger partial charge in [0.05, 0.1) is 0 Å². The van der Waals surface area contributed by atoms with Gasteiger partial charge in [-0.15, -0.1) is 0 Å². The van der Waals surface area contributed by atoms with Crippen molar-refractivity contribution in [3.05, 3.63) is 41.7 Å². The molecule has 1 aromatic carbocycles. The van der Waals surface area contributed by atoms with Gasteiger partial charge in [-0.3, -0.25) is 0 Å². The van der Waals surface area contributed by atoms with Gasteiger partial charge < -0.3 is 11.1 Å². The summed E-state index contributed by atoms with van der Waals surface area (Å²) in [4.78, 5) is 12.1. The molecule has 2 atom stereocenters. The number of aromatic nitrogens is 3. The SMILES string of the molecule is CC(F)c1nc(N)nc(NC(CCCc2ccccc2)C2CC2)n1. The maximum absolute atomic E-state index is 13.5. The number of nitrogens with one attached hydrogen (secondary N) is 1. The van der Waals surface area contributed by atoms with Crippen molar-refractivity contribution in [2.75, 3.05) is 11.1 Å². The summed E-state index contributed by atoms with van der Waals surface area (Å²) >= 11 is 0. The Morgan fingerprint density at radius 2 is 1.96 bits per heavy atom. The Morgan fingerprint density at radius 3 is 2.62 bits per heavy atom. The Kier molecular flexibility index (Phi) is 5.23. The number of nitrogens with zero attached hydrogens (tertiary/aromatic N) is 3. The summed E-state index contributed by atoms with van der Waals surface area (Å²) in [6.45, 7) is 1.40. The lowest BCUT2D eigenvalue weighted by molar-refractivity contribution is 0.356. The van der Waals surface area contributed by atoms with Crippen molar-refractivity contribution in [2.24, 2.45) is 5.92 Å². The molecule has 1 aliphatic rings. The van der Waals surface area contributed by atoms with Crippen LogP contribution in [-0.4, -0.2) is 21.0 Å². The Balaban J connectivity index is 1.60. The van der Waals surface area contributed by atoms with Crippen molar-refractivity contribution in [3.63, 3.8) is 0 Å². The molecule has 6 heteroatoms. The molecule has 0 aliphatic heterocycles. The van der Waals surface area contributed by atoms with Crippen LogP contribution in [0.1, 0.15) is 50.2 Å². The summed E-state index contributed by atoms with van der Waals surface area (Å²) < 4.78 is 13.5. The van der Waals surface area contributed by atoms with E-state index in [1.807, 2.05) is 6.07 Å². The van der Waals surface area contributed by atoms with E-state index in [0.29, 0.717) is 17.9 Å². The maximum atomic E-state index is 13.5. The molecule has 1 saturated carbocycles. The fourth-order valence-electron chi connectivity index (χ4n) is 2.91. The third-order valence-corrected chi connectivity index (χ3v) is 4.35. The minimum absolute atomic E-state index is 0.0610. The zero-order valence-corrected chi connectivity index (χ0v) is 14.0. The molecule has 1 fully saturated rings. The second kappa shape index (κ2) is 7.55. The van der Waals surface area contributed by atoms with E-state index < -0.39 is 6.17 Å². The number of rotatable bonds is 8. The number of anilines is 2. The van der Waals surface area contributed by atoms with Crippen LogP contribution in [0.15, 0.2) is 30.3 Å². The second-order valence-electron chi connectivity index (χ2n) is 6.46. The molecule has 5 nitrogen and oxygen atoms in total. The number of halogens is 1. The Labute approximate surface area is 141 Å². The first-order valence-electron chi connectivity index (χ1n) is 8.58. The van der Waals surface area contributed by atoms with Gasteiger partial charge in [-0.2, -0.15) is 15.0 Å². The molecular formula is C18H24FN5. The summed E-state index contributed by atoms with van der Waals surface area (Å²) in [5, 5.41) is 3.35. The highest BCUT2D eigenvalue weighted by Gasteiger charge is 2.31. The molecule has 0 spiro atoms. The standard InChI is InChI=1S/C18H24FN5/c1-12(19)16-22-17(20)24-18(23-16)21-15(14-10-11-14)9-5-8-13-6-3-2-4-7-13/h2-4,6-7,12,14-15H,5,8-11H2,1H3,(H3,20,21,22,23,24). The fraction of sp³-hybridized carbons (Fsp3) is 0.500. The molecule has 0 amide bonds. The average molecular weight is 329 g/mol. The third kappa shape index (κ3) is 4.63. The van der Waals surface area contributed by atoms with E-state index in [1.165, 1.54) is 25.3 Å². The number of aryl methyl sites for hydroxylation is 1. The van der Waals surface area contributed by atoms with Gasteiger partial charge in [0.25, 0.3) is 0 Å². The van der Waals surface area contributed by atoms with Gasteiger partial charge in [-0.05, 0) is 50.5 Å². The Bertz CT molecular complexity index is 658. The summed E-state index contributed by atoms with van der Waals surface area (Å²) in [6, 6.07) is 10.8. The first kappa shape index (κ1) is 16.6. The van der Waals surface area contributed by atoms with Gasteiger partial charge in [0.2, 0.25) is 11.9 Å². The molecule has 0 radical (unpaired) electrons. The van der Waals surface area contributed by atoms with Crippen molar-refractivity contribution in [1.29, 1.82) is 0 Å². The highest BCUT2D eigenvalue weighted by molar-refractivity contribution is 5.33. The quantitative estimate of drug-likeness (QED) is 0.772. The number of alkyl halides is 1. The van der Waals surface area contributed by atoms with Crippen LogP contribution in [0.5, 0.6) is 0 Å². The molecule has 3 N–H and O–H groups in total. The second-order valence-corrected chi connectivity index (χ2v) is 6.46. The van der Waals surface area contributed by atoms with Gasteiger partial charge in [0.1, 0.15) is 0 Å². The van der Waals surface area contributed by atoms with Crippen LogP contribution >= 0.6 is 0 Å². The topological polar surface area (TPSA) is 76.7 Å². The van der Waals surface area contributed by atoms with E-state index in [2.05, 4.69) is 44.5 Å². The maximum Gasteiger partial charge on any atom is 0.228 e. The lowest BCUT2D eigenvalue weighted by Crippen LogP contribution is -2.24. The average Bonchev–Trinajstić information content (AvgIpc) is 3.39. The highest BCUT2D eigenvalue weighted by Crippen LogP contribution is 2.36. The van der Waals surface area contributed by atoms with Gasteiger partial charge >= 0.3 is 0 Å². The normalized spacial score (nSPS) is 16.6. The Hall–Kier alpha value is -2.24. The summed E-state index contributed by atoms with van der Waals surface area (Å²) in [6.07, 6.45) is 4.36. The zero-order valence-electron chi connectivity index (χ0n) is 14.0. The van der Waals surface area contributed by atoms with E-state index in [0.717, 1.165) is 19.3 Å². The van der Waals surface area contributed by atoms with Gasteiger partial charge in [-0.1, -0.05) is 30.3 Å². The van der Waals surface area contributed by atoms with Crippen LogP contribution in [-0.2, 0) is 6.42 Å². The lowest BCUT2D eigenvalue weighted by atomic mass is 10.0. The van der Waals surface area contributed by atoms with Gasteiger partial charge in [0.15, 0.2) is 12.0 Å². The summed E-state index contributed by atoms with van der Waals surface area (Å²) in [5.74, 6) is 1.18. The molecule has 2 unspecified atom stereocenters. The van der Waals surface area contributed by atoms with E-state index in [4.69, 9.17) is 5.73 Å². The van der Waals surface area contributed by atoms with Gasteiger partial charge in [0, 0.05) is 6.04 Å². The molecule has 0 bridgehead atoms. The number of hydrogen-bond donors (Lipinski definition) is 2. The molecule has 24 heavy (non-hydrogen) atoms. The van der Waals surface area contributed by atoms with E-state index in [-0.39, 0.29) is 11.8 Å². The van der Waals surface area contributed by atoms with E-state index >= 15 is 0 Å². The molecular weight excluding hydrogens is 305 g/mol. The van der Waals surface area contributed by atoms with Gasteiger partial charge in [-0.25, -0.2) is 4.39 Å². The molecule has 1 aromatic heterocycles. The van der Waals surface area contributed by atoms with Crippen molar-refractivity contribution < 1.29 is 4.39 Å². The molecule has 1 aliphatic carbocycles. The fourth-order valence-corrected chi connectivity index (χ4v) is 2.91. The van der Waals surface area contributed by atoms with Crippen molar-refractivity contribution in [2.45, 2.75) is 51.2 Å². The summed E-state index contributed by atoms with van der Waals surface area (Å²) in [5.41, 5.74) is 7.02. The number of nitrogens with two attached hydrogens (primary N) is 1. The first-order valence-corrected chi connectivity index (χ1v) is 8.58. The van der Waals surface area contributed by atoms with E-state index in [9.17, 15) is 4.39 Å². The predicted octanol–water partition coefficient (Wildman–Crippen LogP) is 3.70. The molecule has 128 valence electrons. The Morgan fingerprint density at radius 1 is 1.21 bits per heavy atom. The predicted molar refractivity (Wildman–Crippen MR) is 93.3 cm³/mol. The van der Waals surface area contributed by atoms with Crippen molar-refractivity contribution in [3.8, 4) is 0 Å². The number of nitrogen functional groups attached to an aromatic ring is 1. The van der Waals surface area contributed by atoms with Crippen LogP contribution in [0.3, 0.4) is 0 Å². The first-order chi connectivity index (χ1) is 11.6. The molecule has 2 aromatic rings. The minimum Gasteiger partial charge on any atom is -0.368 e. The van der Waals surface area contributed by atoms with E-state index in [1.54, 1.807) is 0 Å². The van der Waals surface area contributed by atoms with Crippen LogP contribution in [0, 0.1) is 5.92 Å². The van der Waals surface area contributed by atoms with Crippen molar-refractivity contribution >= 4 is 11.9 Å². The van der Waals surface area contributed by atoms with Crippen molar-refractivity contribution in [1.82, 2.24) is 15.0 Å². The summed E-state index contributed by atoms with van der Waals surface area (Å²) in [7, 11) is 0. The highest BCUT2D eigenvalue weighted by atomic mass is 19.1. The van der Waals surface area contributed by atoms with Crippen LogP contribution in [0.4, 0.5) is 16.3 Å². The zero-order chi connectivity index (χ0) is 16.9. The largest absolute Gasteiger partial charge is 0.368 e. The lowest BCUT2D eigenvalue weighted by Gasteiger charge is -2.18. The third-order valence-electron chi connectivity index (χ3n) is 4.35. The number of hydrogen-bond acceptors (Lipinski definition) is 5. The molecule has 3 rings (SSSR count). The number of benzene rings is 1. The molecule has 1 heterocycles. The van der Waals surface area contributed by atoms with Crippen LogP contribution in [0.2, 0.25) is 0 Å². The smallest absolute Gasteiger partial charge is 0.228 e. The van der Waals surface area contributed by atoms with Crippen LogP contribution in [0.25, 0.3) is 0 Å². The monoisotopic (exact) mass is 329 g/mol. The van der Waals surface area contributed by atoms with Crippen LogP contribution < -0.4 is 11.1 Å².